The first kappa shape index (κ1) is 27.2. The van der Waals surface area contributed by atoms with Crippen molar-refractivity contribution in [2.24, 2.45) is 11.8 Å². The SMILES string of the molecule is CCc1ccc(S(=O)(=O)N[C@@H]2c3cc4c(cc3[C@@H](c3cc(OC)c(OC)c(OC)c3)[C@H]3C(=O)OC[C@@H]32)OCO4)cc1. The van der Waals surface area contributed by atoms with Crippen molar-refractivity contribution in [2.75, 3.05) is 34.7 Å². The van der Waals surface area contributed by atoms with Crippen molar-refractivity contribution < 1.29 is 41.6 Å². The summed E-state index contributed by atoms with van der Waals surface area (Å²) >= 11 is 0. The molecule has 0 radical (unpaired) electrons. The topological polar surface area (TPSA) is 119 Å². The van der Waals surface area contributed by atoms with Crippen molar-refractivity contribution in [1.29, 1.82) is 0 Å². The third-order valence-electron chi connectivity index (χ3n) is 8.16. The van der Waals surface area contributed by atoms with Crippen LogP contribution in [0.1, 0.15) is 41.1 Å². The molecule has 41 heavy (non-hydrogen) atoms. The number of esters is 1. The van der Waals surface area contributed by atoms with E-state index in [4.69, 9.17) is 28.4 Å². The minimum atomic E-state index is -3.96. The van der Waals surface area contributed by atoms with Gasteiger partial charge in [0.1, 0.15) is 0 Å². The van der Waals surface area contributed by atoms with E-state index >= 15 is 0 Å². The molecule has 0 spiro atoms. The van der Waals surface area contributed by atoms with Gasteiger partial charge in [-0.25, -0.2) is 13.1 Å². The molecule has 6 rings (SSSR count). The summed E-state index contributed by atoms with van der Waals surface area (Å²) in [6, 6.07) is 13.3. The molecule has 3 aromatic rings. The third kappa shape index (κ3) is 4.53. The predicted octanol–water partition coefficient (Wildman–Crippen LogP) is 3.96. The fourth-order valence-electron chi connectivity index (χ4n) is 6.13. The number of hydrogen-bond donors (Lipinski definition) is 1. The van der Waals surface area contributed by atoms with Crippen molar-refractivity contribution in [3.05, 3.63) is 70.8 Å². The van der Waals surface area contributed by atoms with Crippen LogP contribution in [0.5, 0.6) is 28.7 Å². The van der Waals surface area contributed by atoms with Crippen LogP contribution in [0.3, 0.4) is 0 Å². The Morgan fingerprint density at radius 2 is 1.51 bits per heavy atom. The number of methoxy groups -OCH3 is 3. The van der Waals surface area contributed by atoms with Crippen LogP contribution >= 0.6 is 0 Å². The van der Waals surface area contributed by atoms with E-state index in [2.05, 4.69) is 4.72 Å². The Kier molecular flexibility index (Phi) is 6.95. The van der Waals surface area contributed by atoms with Gasteiger partial charge < -0.3 is 28.4 Å². The van der Waals surface area contributed by atoms with Gasteiger partial charge in [-0.05, 0) is 65.1 Å². The first-order valence-corrected chi connectivity index (χ1v) is 14.8. The monoisotopic (exact) mass is 581 g/mol. The number of carbonyl (C=O) groups is 1. The zero-order chi connectivity index (χ0) is 28.9. The minimum Gasteiger partial charge on any atom is -0.493 e. The van der Waals surface area contributed by atoms with Gasteiger partial charge in [0.05, 0.1) is 44.8 Å². The Morgan fingerprint density at radius 3 is 2.10 bits per heavy atom. The summed E-state index contributed by atoms with van der Waals surface area (Å²) in [4.78, 5) is 13.5. The molecule has 0 saturated carbocycles. The second-order valence-corrected chi connectivity index (χ2v) is 11.9. The van der Waals surface area contributed by atoms with Crippen LogP contribution in [0, 0.1) is 11.8 Å². The lowest BCUT2D eigenvalue weighted by Gasteiger charge is -2.39. The number of benzene rings is 3. The van der Waals surface area contributed by atoms with Crippen LogP contribution in [0.15, 0.2) is 53.4 Å². The number of carbonyl (C=O) groups excluding carboxylic acids is 1. The second kappa shape index (κ2) is 10.5. The fourth-order valence-corrected chi connectivity index (χ4v) is 7.40. The average Bonchev–Trinajstić information content (AvgIpc) is 3.61. The highest BCUT2D eigenvalue weighted by atomic mass is 32.2. The van der Waals surface area contributed by atoms with E-state index in [0.717, 1.165) is 23.1 Å². The Bertz CT molecular complexity index is 1580. The number of ether oxygens (including phenoxy) is 6. The van der Waals surface area contributed by atoms with Crippen LogP contribution in [0.25, 0.3) is 0 Å². The lowest BCUT2D eigenvalue weighted by molar-refractivity contribution is -0.141. The molecule has 4 atom stereocenters. The van der Waals surface area contributed by atoms with Crippen molar-refractivity contribution in [3.8, 4) is 28.7 Å². The molecule has 0 aromatic heterocycles. The molecule has 11 heteroatoms. The highest BCUT2D eigenvalue weighted by molar-refractivity contribution is 7.89. The minimum absolute atomic E-state index is 0.0438. The highest BCUT2D eigenvalue weighted by Gasteiger charge is 2.53. The molecular formula is C30H31NO9S. The van der Waals surface area contributed by atoms with Gasteiger partial charge in [-0.15, -0.1) is 0 Å². The van der Waals surface area contributed by atoms with E-state index in [-0.39, 0.29) is 18.3 Å². The second-order valence-electron chi connectivity index (χ2n) is 10.2. The molecule has 1 aliphatic carbocycles. The Morgan fingerprint density at radius 1 is 0.878 bits per heavy atom. The predicted molar refractivity (Wildman–Crippen MR) is 147 cm³/mol. The van der Waals surface area contributed by atoms with Crippen LogP contribution in [-0.2, 0) is 26.0 Å². The van der Waals surface area contributed by atoms with E-state index in [9.17, 15) is 13.2 Å². The molecule has 0 unspecified atom stereocenters. The van der Waals surface area contributed by atoms with Gasteiger partial charge in [-0.2, -0.15) is 0 Å². The first-order chi connectivity index (χ1) is 19.8. The zero-order valence-corrected chi connectivity index (χ0v) is 23.9. The average molecular weight is 582 g/mol. The van der Waals surface area contributed by atoms with Gasteiger partial charge in [0, 0.05) is 11.8 Å². The van der Waals surface area contributed by atoms with E-state index in [0.29, 0.717) is 34.3 Å². The summed E-state index contributed by atoms with van der Waals surface area (Å²) < 4.78 is 63.9. The molecule has 3 aliphatic rings. The maximum atomic E-state index is 13.7. The quantitative estimate of drug-likeness (QED) is 0.395. The number of rotatable bonds is 8. The van der Waals surface area contributed by atoms with Crippen molar-refractivity contribution in [3.63, 3.8) is 0 Å². The number of sulfonamides is 1. The number of aryl methyl sites for hydroxylation is 1. The number of cyclic esters (lactones) is 1. The fraction of sp³-hybridized carbons (Fsp3) is 0.367. The summed E-state index contributed by atoms with van der Waals surface area (Å²) in [7, 11) is 0.618. The first-order valence-electron chi connectivity index (χ1n) is 13.3. The van der Waals surface area contributed by atoms with E-state index in [1.54, 1.807) is 30.3 Å². The Hall–Kier alpha value is -3.96. The lowest BCUT2D eigenvalue weighted by Crippen LogP contribution is -2.42. The number of fused-ring (bicyclic) bond motifs is 3. The maximum Gasteiger partial charge on any atom is 0.310 e. The van der Waals surface area contributed by atoms with Gasteiger partial charge in [0.15, 0.2) is 23.0 Å². The molecule has 1 fully saturated rings. The highest BCUT2D eigenvalue weighted by Crippen LogP contribution is 2.55. The zero-order valence-electron chi connectivity index (χ0n) is 23.1. The van der Waals surface area contributed by atoms with Gasteiger partial charge in [0.25, 0.3) is 0 Å². The van der Waals surface area contributed by atoms with Crippen molar-refractivity contribution in [1.82, 2.24) is 4.72 Å². The van der Waals surface area contributed by atoms with E-state index in [1.165, 1.54) is 21.3 Å². The summed E-state index contributed by atoms with van der Waals surface area (Å²) in [5.74, 6) is 0.202. The van der Waals surface area contributed by atoms with Gasteiger partial charge in [-0.1, -0.05) is 19.1 Å². The molecular weight excluding hydrogens is 550 g/mol. The summed E-state index contributed by atoms with van der Waals surface area (Å²) in [6.07, 6.45) is 0.794. The third-order valence-corrected chi connectivity index (χ3v) is 9.61. The summed E-state index contributed by atoms with van der Waals surface area (Å²) in [5, 5.41) is 0. The standard InChI is InChI=1S/C30H31NO9S/c1-5-16-6-8-18(9-7-16)41(33,34)31-28-20-13-23-22(39-15-40-23)12-19(20)26(27-21(28)14-38-30(27)32)17-10-24(35-2)29(37-4)25(11-17)36-3/h6-13,21,26-28,31H,5,14-15H2,1-4H3/t21-,26+,27-,28+/m0/s1. The van der Waals surface area contributed by atoms with Crippen LogP contribution < -0.4 is 28.4 Å². The van der Waals surface area contributed by atoms with Gasteiger partial charge >= 0.3 is 5.97 Å². The van der Waals surface area contributed by atoms with Crippen LogP contribution in [0.4, 0.5) is 0 Å². The number of hydrogen-bond acceptors (Lipinski definition) is 9. The maximum absolute atomic E-state index is 13.7. The smallest absolute Gasteiger partial charge is 0.310 e. The molecule has 3 aromatic carbocycles. The molecule has 10 nitrogen and oxygen atoms in total. The normalized spacial score (nSPS) is 22.5. The molecule has 216 valence electrons. The summed E-state index contributed by atoms with van der Waals surface area (Å²) in [6.45, 7) is 2.11. The molecule has 2 aliphatic heterocycles. The molecule has 0 bridgehead atoms. The van der Waals surface area contributed by atoms with Crippen molar-refractivity contribution >= 4 is 16.0 Å². The van der Waals surface area contributed by atoms with E-state index < -0.39 is 39.8 Å². The van der Waals surface area contributed by atoms with Gasteiger partial charge in [0.2, 0.25) is 22.6 Å². The largest absolute Gasteiger partial charge is 0.493 e. The van der Waals surface area contributed by atoms with Crippen LogP contribution in [0.2, 0.25) is 0 Å². The molecule has 0 amide bonds. The lowest BCUT2D eigenvalue weighted by atomic mass is 9.65. The summed E-state index contributed by atoms with van der Waals surface area (Å²) in [5.41, 5.74) is 3.16. The molecule has 2 heterocycles. The van der Waals surface area contributed by atoms with Crippen molar-refractivity contribution in [2.45, 2.75) is 30.2 Å². The van der Waals surface area contributed by atoms with Gasteiger partial charge in [-0.3, -0.25) is 4.79 Å². The number of nitrogens with one attached hydrogen (secondary N) is 1. The molecule has 1 N–H and O–H groups in total. The molecule has 1 saturated heterocycles. The van der Waals surface area contributed by atoms with E-state index in [1.807, 2.05) is 25.1 Å². The Labute approximate surface area is 238 Å². The van der Waals surface area contributed by atoms with Crippen LogP contribution in [-0.4, -0.2) is 49.1 Å². The Balaban J connectivity index is 1.52.